The zero-order valence-electron chi connectivity index (χ0n) is 3.90. The molecule has 42 valence electrons. The molecule has 0 fully saturated rings. The van der Waals surface area contributed by atoms with Gasteiger partial charge >= 0.3 is 0 Å². The average Bonchev–Trinajstić information content (AvgIpc) is 2.19. The molecule has 0 aromatic carbocycles. The highest BCUT2D eigenvalue weighted by Gasteiger charge is 1.90. The van der Waals surface area contributed by atoms with Gasteiger partial charge in [-0.25, -0.2) is 0 Å². The van der Waals surface area contributed by atoms with E-state index in [4.69, 9.17) is 0 Å². The fourth-order valence-corrected chi connectivity index (χ4v) is 0.309. The summed E-state index contributed by atoms with van der Waals surface area (Å²) in [7, 11) is 0. The normalized spacial score (nSPS) is 8.50. The van der Waals surface area contributed by atoms with E-state index in [1.54, 1.807) is 0 Å². The molecule has 4 heteroatoms. The van der Waals surface area contributed by atoms with Gasteiger partial charge in [0.25, 0.3) is 6.47 Å². The topological polar surface area (TPSA) is 52.3 Å². The van der Waals surface area contributed by atoms with Gasteiger partial charge in [-0.2, -0.15) is 0 Å². The third-order valence-electron chi connectivity index (χ3n) is 0.594. The molecule has 0 atom stereocenters. The molecule has 0 bridgehead atoms. The zero-order chi connectivity index (χ0) is 5.82. The third-order valence-corrected chi connectivity index (χ3v) is 0.594. The van der Waals surface area contributed by atoms with Crippen LogP contribution in [-0.2, 0) is 4.79 Å². The summed E-state index contributed by atoms with van der Waals surface area (Å²) in [6.07, 6.45) is 2.53. The van der Waals surface area contributed by atoms with Gasteiger partial charge in [0, 0.05) is 0 Å². The van der Waals surface area contributed by atoms with Crippen molar-refractivity contribution in [2.24, 2.45) is 0 Å². The molecule has 0 saturated carbocycles. The van der Waals surface area contributed by atoms with E-state index in [2.05, 4.69) is 14.4 Å². The Hall–Kier alpha value is -1.32. The van der Waals surface area contributed by atoms with Crippen LogP contribution in [0.3, 0.4) is 0 Å². The van der Waals surface area contributed by atoms with Crippen LogP contribution in [0, 0.1) is 0 Å². The Bertz CT molecular complexity index is 158. The van der Waals surface area contributed by atoms with Gasteiger partial charge < -0.3 is 9.26 Å². The molecule has 0 saturated heterocycles. The molecular formula is C4H3NO3. The lowest BCUT2D eigenvalue weighted by Gasteiger charge is -1.81. The minimum absolute atomic E-state index is 0.312. The molecule has 1 aromatic heterocycles. The predicted molar refractivity (Wildman–Crippen MR) is 23.2 cm³/mol. The molecule has 0 aliphatic heterocycles. The number of aromatic nitrogens is 1. The quantitative estimate of drug-likeness (QED) is 0.514. The maximum absolute atomic E-state index is 9.58. The van der Waals surface area contributed by atoms with E-state index < -0.39 is 0 Å². The van der Waals surface area contributed by atoms with Crippen molar-refractivity contribution in [3.63, 3.8) is 0 Å². The summed E-state index contributed by atoms with van der Waals surface area (Å²) in [6, 6.07) is 0. The van der Waals surface area contributed by atoms with Gasteiger partial charge in [-0.15, -0.1) is 0 Å². The number of carbonyl (C=O) groups is 1. The van der Waals surface area contributed by atoms with Crippen LogP contribution < -0.4 is 4.74 Å². The standard InChI is InChI=1S/C4H3NO3/c6-3-7-4-1-5-8-2-4/h1-3H. The minimum atomic E-state index is 0.312. The highest BCUT2D eigenvalue weighted by Crippen LogP contribution is 2.04. The molecule has 0 amide bonds. The molecule has 1 rings (SSSR count). The van der Waals surface area contributed by atoms with Crippen LogP contribution >= 0.6 is 0 Å². The second-order valence-electron chi connectivity index (χ2n) is 1.07. The Morgan fingerprint density at radius 1 is 1.88 bits per heavy atom. The second kappa shape index (κ2) is 2.11. The Labute approximate surface area is 45.0 Å². The van der Waals surface area contributed by atoms with Gasteiger partial charge in [-0.1, -0.05) is 5.16 Å². The lowest BCUT2D eigenvalue weighted by molar-refractivity contribution is -0.120. The van der Waals surface area contributed by atoms with Crippen LogP contribution in [-0.4, -0.2) is 11.6 Å². The van der Waals surface area contributed by atoms with Crippen LogP contribution in [0.5, 0.6) is 5.75 Å². The largest absolute Gasteiger partial charge is 0.424 e. The summed E-state index contributed by atoms with van der Waals surface area (Å²) in [6.45, 7) is 0.312. The van der Waals surface area contributed by atoms with Gasteiger partial charge in [0.1, 0.15) is 6.20 Å². The molecule has 0 spiro atoms. The van der Waals surface area contributed by atoms with Crippen molar-refractivity contribution in [2.75, 3.05) is 0 Å². The SMILES string of the molecule is O=COc1cnoc1. The molecular weight excluding hydrogens is 110 g/mol. The lowest BCUT2D eigenvalue weighted by Crippen LogP contribution is -1.83. The van der Waals surface area contributed by atoms with Crippen molar-refractivity contribution in [3.8, 4) is 5.75 Å². The molecule has 0 unspecified atom stereocenters. The highest BCUT2D eigenvalue weighted by atomic mass is 16.5. The first-order chi connectivity index (χ1) is 3.93. The van der Waals surface area contributed by atoms with Crippen molar-refractivity contribution in [1.29, 1.82) is 0 Å². The smallest absolute Gasteiger partial charge is 0.298 e. The summed E-state index contributed by atoms with van der Waals surface area (Å²) in [5, 5.41) is 3.28. The number of hydrogen-bond acceptors (Lipinski definition) is 4. The monoisotopic (exact) mass is 113 g/mol. The molecule has 1 heterocycles. The van der Waals surface area contributed by atoms with Crippen LogP contribution in [0.15, 0.2) is 17.0 Å². The molecule has 8 heavy (non-hydrogen) atoms. The van der Waals surface area contributed by atoms with E-state index in [1.807, 2.05) is 0 Å². The van der Waals surface area contributed by atoms with Crippen LogP contribution in [0.4, 0.5) is 0 Å². The Morgan fingerprint density at radius 3 is 3.25 bits per heavy atom. The zero-order valence-corrected chi connectivity index (χ0v) is 3.90. The molecule has 0 aliphatic rings. The van der Waals surface area contributed by atoms with Crippen molar-refractivity contribution < 1.29 is 14.1 Å². The fraction of sp³-hybridized carbons (Fsp3) is 0. The third kappa shape index (κ3) is 0.841. The van der Waals surface area contributed by atoms with E-state index in [0.29, 0.717) is 12.2 Å². The molecule has 0 aliphatic carbocycles. The predicted octanol–water partition coefficient (Wildman–Crippen LogP) is 0.210. The fourth-order valence-electron chi connectivity index (χ4n) is 0.309. The Balaban J connectivity index is 2.62. The van der Waals surface area contributed by atoms with E-state index >= 15 is 0 Å². The average molecular weight is 113 g/mol. The molecule has 0 radical (unpaired) electrons. The number of ether oxygens (including phenoxy) is 1. The number of nitrogens with zero attached hydrogens (tertiary/aromatic N) is 1. The lowest BCUT2D eigenvalue weighted by atomic mass is 10.7. The first-order valence-electron chi connectivity index (χ1n) is 1.93. The Morgan fingerprint density at radius 2 is 2.75 bits per heavy atom. The first kappa shape index (κ1) is 4.83. The molecule has 0 N–H and O–H groups in total. The molecule has 4 nitrogen and oxygen atoms in total. The van der Waals surface area contributed by atoms with Crippen LogP contribution in [0.25, 0.3) is 0 Å². The van der Waals surface area contributed by atoms with E-state index in [0.717, 1.165) is 0 Å². The van der Waals surface area contributed by atoms with Crippen molar-refractivity contribution in [1.82, 2.24) is 5.16 Å². The number of carbonyl (C=O) groups excluding carboxylic acids is 1. The van der Waals surface area contributed by atoms with E-state index in [1.165, 1.54) is 12.5 Å². The van der Waals surface area contributed by atoms with Gasteiger partial charge in [0.15, 0.2) is 12.0 Å². The summed E-state index contributed by atoms with van der Waals surface area (Å²) >= 11 is 0. The maximum Gasteiger partial charge on any atom is 0.298 e. The maximum atomic E-state index is 9.58. The summed E-state index contributed by atoms with van der Waals surface area (Å²) < 4.78 is 8.64. The summed E-state index contributed by atoms with van der Waals surface area (Å²) in [4.78, 5) is 9.58. The van der Waals surface area contributed by atoms with Crippen molar-refractivity contribution >= 4 is 6.47 Å². The van der Waals surface area contributed by atoms with Crippen molar-refractivity contribution in [3.05, 3.63) is 12.5 Å². The van der Waals surface area contributed by atoms with Crippen LogP contribution in [0.2, 0.25) is 0 Å². The Kier molecular flexibility index (Phi) is 1.27. The first-order valence-corrected chi connectivity index (χ1v) is 1.93. The molecule has 1 aromatic rings. The van der Waals surface area contributed by atoms with E-state index in [9.17, 15) is 4.79 Å². The number of hydrogen-bond donors (Lipinski definition) is 0. The minimum Gasteiger partial charge on any atom is -0.424 e. The van der Waals surface area contributed by atoms with Crippen molar-refractivity contribution in [2.45, 2.75) is 0 Å². The highest BCUT2D eigenvalue weighted by molar-refractivity contribution is 5.43. The van der Waals surface area contributed by atoms with Gasteiger partial charge in [-0.3, -0.25) is 4.79 Å². The van der Waals surface area contributed by atoms with Crippen LogP contribution in [0.1, 0.15) is 0 Å². The summed E-state index contributed by atoms with van der Waals surface area (Å²) in [5.74, 6) is 0.319. The van der Waals surface area contributed by atoms with Gasteiger partial charge in [-0.05, 0) is 0 Å². The number of rotatable bonds is 2. The van der Waals surface area contributed by atoms with Gasteiger partial charge in [0.2, 0.25) is 0 Å². The van der Waals surface area contributed by atoms with E-state index in [-0.39, 0.29) is 0 Å². The summed E-state index contributed by atoms with van der Waals surface area (Å²) in [5.41, 5.74) is 0. The van der Waals surface area contributed by atoms with Gasteiger partial charge in [0.05, 0.1) is 0 Å². The second-order valence-corrected chi connectivity index (χ2v) is 1.07.